The maximum absolute atomic E-state index is 11.9. The lowest BCUT2D eigenvalue weighted by Crippen LogP contribution is -2.39. The normalized spacial score (nSPS) is 20.4. The SMILES string of the molecule is Cc1cc(CN2Cc3ccnn3[C@@H](CCNC(=O)CC3CC3)C2)no1. The van der Waals surface area contributed by atoms with Crippen LogP contribution in [0.3, 0.4) is 0 Å². The Bertz CT molecular complexity index is 733. The first-order valence-electron chi connectivity index (χ1n) is 9.11. The number of amides is 1. The third-order valence-corrected chi connectivity index (χ3v) is 4.99. The van der Waals surface area contributed by atoms with Crippen molar-refractivity contribution in [3.05, 3.63) is 35.5 Å². The van der Waals surface area contributed by atoms with E-state index in [0.29, 0.717) is 18.9 Å². The summed E-state index contributed by atoms with van der Waals surface area (Å²) >= 11 is 0. The van der Waals surface area contributed by atoms with Gasteiger partial charge in [-0.15, -0.1) is 0 Å². The van der Waals surface area contributed by atoms with Crippen molar-refractivity contribution >= 4 is 5.91 Å². The van der Waals surface area contributed by atoms with Crippen molar-refractivity contribution < 1.29 is 9.32 Å². The van der Waals surface area contributed by atoms with Gasteiger partial charge in [0.2, 0.25) is 5.91 Å². The van der Waals surface area contributed by atoms with Crippen LogP contribution >= 0.6 is 0 Å². The molecule has 4 rings (SSSR count). The summed E-state index contributed by atoms with van der Waals surface area (Å²) < 4.78 is 7.28. The fourth-order valence-corrected chi connectivity index (χ4v) is 3.55. The Morgan fingerprint density at radius 3 is 3.08 bits per heavy atom. The molecule has 0 radical (unpaired) electrons. The zero-order valence-corrected chi connectivity index (χ0v) is 14.6. The predicted molar refractivity (Wildman–Crippen MR) is 91.6 cm³/mol. The van der Waals surface area contributed by atoms with Gasteiger partial charge in [-0.3, -0.25) is 14.4 Å². The van der Waals surface area contributed by atoms with E-state index in [2.05, 4.69) is 31.2 Å². The van der Waals surface area contributed by atoms with Crippen molar-refractivity contribution in [1.29, 1.82) is 0 Å². The van der Waals surface area contributed by atoms with Gasteiger partial charge < -0.3 is 9.84 Å². The van der Waals surface area contributed by atoms with Gasteiger partial charge in [-0.2, -0.15) is 5.10 Å². The fraction of sp³-hybridized carbons (Fsp3) is 0.611. The van der Waals surface area contributed by atoms with E-state index in [9.17, 15) is 4.79 Å². The fourth-order valence-electron chi connectivity index (χ4n) is 3.55. The summed E-state index contributed by atoms with van der Waals surface area (Å²) in [5.74, 6) is 1.66. The molecule has 134 valence electrons. The molecule has 1 atom stereocenters. The van der Waals surface area contributed by atoms with Gasteiger partial charge in [0.25, 0.3) is 0 Å². The lowest BCUT2D eigenvalue weighted by Gasteiger charge is -2.33. The minimum Gasteiger partial charge on any atom is -0.361 e. The number of nitrogens with one attached hydrogen (secondary N) is 1. The average molecular weight is 343 g/mol. The highest BCUT2D eigenvalue weighted by atomic mass is 16.5. The zero-order chi connectivity index (χ0) is 17.2. The molecular weight excluding hydrogens is 318 g/mol. The van der Waals surface area contributed by atoms with Gasteiger partial charge in [0.05, 0.1) is 17.4 Å². The summed E-state index contributed by atoms with van der Waals surface area (Å²) in [6, 6.07) is 4.32. The second kappa shape index (κ2) is 7.00. The maximum Gasteiger partial charge on any atom is 0.220 e. The standard InChI is InChI=1S/C18H25N5O2/c1-13-8-15(21-25-13)10-22-11-16(23-17(12-22)5-7-20-23)4-6-19-18(24)9-14-2-3-14/h5,7-8,14,16H,2-4,6,9-12H2,1H3,(H,19,24)/t16-/m0/s1. The third-order valence-electron chi connectivity index (χ3n) is 4.99. The Kier molecular flexibility index (Phi) is 4.57. The van der Waals surface area contributed by atoms with E-state index >= 15 is 0 Å². The van der Waals surface area contributed by atoms with Gasteiger partial charge in [0.1, 0.15) is 5.76 Å². The molecule has 3 heterocycles. The Balaban J connectivity index is 1.34. The topological polar surface area (TPSA) is 76.2 Å². The van der Waals surface area contributed by atoms with Gasteiger partial charge in [0.15, 0.2) is 0 Å². The number of nitrogens with zero attached hydrogens (tertiary/aromatic N) is 4. The van der Waals surface area contributed by atoms with E-state index in [-0.39, 0.29) is 11.9 Å². The van der Waals surface area contributed by atoms with Gasteiger partial charge in [-0.25, -0.2) is 0 Å². The second-order valence-electron chi connectivity index (χ2n) is 7.31. The van der Waals surface area contributed by atoms with E-state index in [1.165, 1.54) is 18.5 Å². The van der Waals surface area contributed by atoms with Crippen LogP contribution in [0.15, 0.2) is 22.9 Å². The Hall–Kier alpha value is -2.15. The van der Waals surface area contributed by atoms with Crippen LogP contribution < -0.4 is 5.32 Å². The van der Waals surface area contributed by atoms with Gasteiger partial charge in [-0.1, -0.05) is 5.16 Å². The number of rotatable bonds is 7. The molecule has 1 N–H and O–H groups in total. The van der Waals surface area contributed by atoms with Crippen molar-refractivity contribution in [2.45, 2.75) is 51.7 Å². The quantitative estimate of drug-likeness (QED) is 0.832. The smallest absolute Gasteiger partial charge is 0.220 e. The van der Waals surface area contributed by atoms with Crippen LogP contribution in [0.25, 0.3) is 0 Å². The molecule has 1 fully saturated rings. The number of carbonyl (C=O) groups is 1. The first kappa shape index (κ1) is 16.3. The zero-order valence-electron chi connectivity index (χ0n) is 14.6. The molecule has 1 amide bonds. The summed E-state index contributed by atoms with van der Waals surface area (Å²) in [6.45, 7) is 5.14. The molecule has 0 aromatic carbocycles. The lowest BCUT2D eigenvalue weighted by atomic mass is 10.1. The number of aryl methyl sites for hydroxylation is 1. The molecule has 2 aromatic rings. The van der Waals surface area contributed by atoms with Crippen LogP contribution in [0.1, 0.15) is 48.9 Å². The van der Waals surface area contributed by atoms with Crippen LogP contribution in [-0.4, -0.2) is 38.8 Å². The molecule has 7 nitrogen and oxygen atoms in total. The van der Waals surface area contributed by atoms with Crippen molar-refractivity contribution in [1.82, 2.24) is 25.2 Å². The highest BCUT2D eigenvalue weighted by Gasteiger charge is 2.27. The molecule has 0 spiro atoms. The molecular formula is C18H25N5O2. The summed E-state index contributed by atoms with van der Waals surface area (Å²) in [5.41, 5.74) is 2.17. The minimum absolute atomic E-state index is 0.189. The predicted octanol–water partition coefficient (Wildman–Crippen LogP) is 2.04. The third kappa shape index (κ3) is 4.10. The van der Waals surface area contributed by atoms with E-state index < -0.39 is 0 Å². The van der Waals surface area contributed by atoms with Crippen molar-refractivity contribution in [2.75, 3.05) is 13.1 Å². The largest absolute Gasteiger partial charge is 0.361 e. The van der Waals surface area contributed by atoms with Gasteiger partial charge in [-0.05, 0) is 38.2 Å². The molecule has 0 saturated heterocycles. The molecule has 7 heteroatoms. The summed E-state index contributed by atoms with van der Waals surface area (Å²) in [5, 5.41) is 11.7. The van der Waals surface area contributed by atoms with Crippen LogP contribution in [-0.2, 0) is 17.9 Å². The number of hydrogen-bond donors (Lipinski definition) is 1. The Labute approximate surface area is 147 Å². The molecule has 1 aliphatic carbocycles. The van der Waals surface area contributed by atoms with Crippen molar-refractivity contribution in [3.8, 4) is 0 Å². The van der Waals surface area contributed by atoms with Crippen molar-refractivity contribution in [3.63, 3.8) is 0 Å². The highest BCUT2D eigenvalue weighted by Crippen LogP contribution is 2.32. The molecule has 0 bridgehead atoms. The first-order chi connectivity index (χ1) is 12.2. The molecule has 2 aromatic heterocycles. The average Bonchev–Trinajstić information content (AvgIpc) is 3.09. The molecule has 0 unspecified atom stereocenters. The Morgan fingerprint density at radius 2 is 2.32 bits per heavy atom. The van der Waals surface area contributed by atoms with Crippen LogP contribution in [0.2, 0.25) is 0 Å². The van der Waals surface area contributed by atoms with Gasteiger partial charge in [0, 0.05) is 44.9 Å². The van der Waals surface area contributed by atoms with Crippen LogP contribution in [0.5, 0.6) is 0 Å². The second-order valence-corrected chi connectivity index (χ2v) is 7.31. The number of carbonyl (C=O) groups excluding carboxylic acids is 1. The summed E-state index contributed by atoms with van der Waals surface area (Å²) in [7, 11) is 0. The molecule has 1 saturated carbocycles. The maximum atomic E-state index is 11.9. The van der Waals surface area contributed by atoms with Gasteiger partial charge >= 0.3 is 0 Å². The number of fused-ring (bicyclic) bond motifs is 1. The van der Waals surface area contributed by atoms with E-state index in [1.54, 1.807) is 0 Å². The molecule has 25 heavy (non-hydrogen) atoms. The number of aromatic nitrogens is 3. The monoisotopic (exact) mass is 343 g/mol. The van der Waals surface area contributed by atoms with Crippen LogP contribution in [0, 0.1) is 12.8 Å². The van der Waals surface area contributed by atoms with E-state index in [0.717, 1.165) is 37.5 Å². The number of hydrogen-bond acceptors (Lipinski definition) is 5. The highest BCUT2D eigenvalue weighted by molar-refractivity contribution is 5.76. The first-order valence-corrected chi connectivity index (χ1v) is 9.11. The minimum atomic E-state index is 0.189. The Morgan fingerprint density at radius 1 is 1.44 bits per heavy atom. The van der Waals surface area contributed by atoms with E-state index in [4.69, 9.17) is 4.52 Å². The molecule has 2 aliphatic rings. The van der Waals surface area contributed by atoms with Crippen LogP contribution in [0.4, 0.5) is 0 Å². The summed E-state index contributed by atoms with van der Waals surface area (Å²) in [4.78, 5) is 14.2. The molecule has 1 aliphatic heterocycles. The lowest BCUT2D eigenvalue weighted by molar-refractivity contribution is -0.121. The van der Waals surface area contributed by atoms with Crippen molar-refractivity contribution in [2.24, 2.45) is 5.92 Å². The summed E-state index contributed by atoms with van der Waals surface area (Å²) in [6.07, 6.45) is 5.86. The van der Waals surface area contributed by atoms with E-state index in [1.807, 2.05) is 19.2 Å².